The molecular weight excluding hydrogens is 360 g/mol. The van der Waals surface area contributed by atoms with E-state index in [1.54, 1.807) is 0 Å². The third-order valence-electron chi connectivity index (χ3n) is 4.58. The summed E-state index contributed by atoms with van der Waals surface area (Å²) in [5.41, 5.74) is 2.44. The monoisotopic (exact) mass is 388 g/mol. The van der Waals surface area contributed by atoms with Crippen molar-refractivity contribution in [3.63, 3.8) is 0 Å². The van der Waals surface area contributed by atoms with Crippen LogP contribution in [0.4, 0.5) is 0 Å². The predicted molar refractivity (Wildman–Crippen MR) is 107 cm³/mol. The number of hydrogen-bond donors (Lipinski definition) is 0. The molecule has 0 aliphatic carbocycles. The molecule has 6 nitrogen and oxygen atoms in total. The SMILES string of the molecule is Cc1cccc(CN2CCN(C(=O)CSc3nnc(C(C)(C)C)o3)CC2)c1. The van der Waals surface area contributed by atoms with E-state index in [0.717, 1.165) is 32.7 Å². The summed E-state index contributed by atoms with van der Waals surface area (Å²) in [4.78, 5) is 16.8. The summed E-state index contributed by atoms with van der Waals surface area (Å²) in [5.74, 6) is 1.07. The number of aromatic nitrogens is 2. The first-order valence-corrected chi connectivity index (χ1v) is 10.3. The van der Waals surface area contributed by atoms with Crippen LogP contribution >= 0.6 is 11.8 Å². The van der Waals surface area contributed by atoms with E-state index >= 15 is 0 Å². The van der Waals surface area contributed by atoms with E-state index in [0.29, 0.717) is 16.9 Å². The van der Waals surface area contributed by atoms with Crippen molar-refractivity contribution in [2.75, 3.05) is 31.9 Å². The maximum atomic E-state index is 12.5. The second-order valence-corrected chi connectivity index (χ2v) is 8.98. The van der Waals surface area contributed by atoms with Gasteiger partial charge in [0.05, 0.1) is 5.75 Å². The van der Waals surface area contributed by atoms with Gasteiger partial charge in [0.25, 0.3) is 5.22 Å². The molecule has 0 bridgehead atoms. The highest BCUT2D eigenvalue weighted by Crippen LogP contribution is 2.24. The van der Waals surface area contributed by atoms with Gasteiger partial charge >= 0.3 is 0 Å². The number of hydrogen-bond acceptors (Lipinski definition) is 6. The van der Waals surface area contributed by atoms with Crippen LogP contribution in [-0.4, -0.2) is 57.8 Å². The highest BCUT2D eigenvalue weighted by Gasteiger charge is 2.24. The Morgan fingerprint density at radius 1 is 1.19 bits per heavy atom. The smallest absolute Gasteiger partial charge is 0.277 e. The lowest BCUT2D eigenvalue weighted by atomic mass is 9.97. The molecule has 0 unspecified atom stereocenters. The quantitative estimate of drug-likeness (QED) is 0.734. The molecule has 0 saturated carbocycles. The van der Waals surface area contributed by atoms with Gasteiger partial charge < -0.3 is 9.32 Å². The van der Waals surface area contributed by atoms with E-state index in [1.165, 1.54) is 22.9 Å². The van der Waals surface area contributed by atoms with Crippen molar-refractivity contribution in [1.29, 1.82) is 0 Å². The number of amides is 1. The van der Waals surface area contributed by atoms with E-state index in [-0.39, 0.29) is 11.3 Å². The Morgan fingerprint density at radius 2 is 1.93 bits per heavy atom. The van der Waals surface area contributed by atoms with Crippen molar-refractivity contribution >= 4 is 17.7 Å². The molecule has 7 heteroatoms. The number of aryl methyl sites for hydroxylation is 1. The lowest BCUT2D eigenvalue weighted by molar-refractivity contribution is -0.130. The lowest BCUT2D eigenvalue weighted by Gasteiger charge is -2.34. The number of carbonyl (C=O) groups is 1. The van der Waals surface area contributed by atoms with E-state index in [1.807, 2.05) is 25.7 Å². The third-order valence-corrected chi connectivity index (χ3v) is 5.38. The molecule has 0 atom stereocenters. The molecule has 1 aliphatic heterocycles. The lowest BCUT2D eigenvalue weighted by Crippen LogP contribution is -2.48. The maximum absolute atomic E-state index is 12.5. The van der Waals surface area contributed by atoms with Crippen LogP contribution in [0.5, 0.6) is 0 Å². The van der Waals surface area contributed by atoms with Gasteiger partial charge in [-0.25, -0.2) is 0 Å². The molecular formula is C20H28N4O2S. The zero-order valence-corrected chi connectivity index (χ0v) is 17.4. The maximum Gasteiger partial charge on any atom is 0.277 e. The molecule has 1 aromatic carbocycles. The number of rotatable bonds is 5. The number of piperazine rings is 1. The van der Waals surface area contributed by atoms with Gasteiger partial charge in [-0.15, -0.1) is 10.2 Å². The second-order valence-electron chi connectivity index (χ2n) is 8.06. The first kappa shape index (κ1) is 19.9. The van der Waals surface area contributed by atoms with Crippen LogP contribution in [0.25, 0.3) is 0 Å². The second kappa shape index (κ2) is 8.44. The van der Waals surface area contributed by atoms with Crippen molar-refractivity contribution in [2.24, 2.45) is 0 Å². The number of carbonyl (C=O) groups excluding carboxylic acids is 1. The first-order chi connectivity index (χ1) is 12.8. The molecule has 1 aromatic heterocycles. The average molecular weight is 389 g/mol. The minimum Gasteiger partial charge on any atom is -0.415 e. The molecule has 1 saturated heterocycles. The van der Waals surface area contributed by atoms with Crippen LogP contribution in [0.2, 0.25) is 0 Å². The summed E-state index contributed by atoms with van der Waals surface area (Å²) in [6.07, 6.45) is 0. The average Bonchev–Trinajstić information content (AvgIpc) is 3.10. The highest BCUT2D eigenvalue weighted by molar-refractivity contribution is 7.99. The van der Waals surface area contributed by atoms with E-state index in [9.17, 15) is 4.79 Å². The summed E-state index contributed by atoms with van der Waals surface area (Å²) in [7, 11) is 0. The van der Waals surface area contributed by atoms with Gasteiger partial charge in [0.2, 0.25) is 11.8 Å². The van der Waals surface area contributed by atoms with Crippen LogP contribution in [0, 0.1) is 6.92 Å². The van der Waals surface area contributed by atoms with E-state index in [4.69, 9.17) is 4.42 Å². The fraction of sp³-hybridized carbons (Fsp3) is 0.550. The van der Waals surface area contributed by atoms with Crippen LogP contribution in [0.3, 0.4) is 0 Å². The van der Waals surface area contributed by atoms with Crippen molar-refractivity contribution < 1.29 is 9.21 Å². The Morgan fingerprint density at radius 3 is 2.56 bits per heavy atom. The summed E-state index contributed by atoms with van der Waals surface area (Å²) >= 11 is 1.32. The molecule has 1 aliphatic rings. The van der Waals surface area contributed by atoms with Crippen molar-refractivity contribution in [3.05, 3.63) is 41.3 Å². The topological polar surface area (TPSA) is 62.5 Å². The van der Waals surface area contributed by atoms with Gasteiger partial charge in [0.1, 0.15) is 0 Å². The van der Waals surface area contributed by atoms with Gasteiger partial charge in [-0.1, -0.05) is 62.4 Å². The molecule has 0 N–H and O–H groups in total. The molecule has 2 heterocycles. The minimum absolute atomic E-state index is 0.130. The fourth-order valence-electron chi connectivity index (χ4n) is 3.01. The van der Waals surface area contributed by atoms with Gasteiger partial charge in [-0.3, -0.25) is 9.69 Å². The zero-order valence-electron chi connectivity index (χ0n) is 16.6. The van der Waals surface area contributed by atoms with Crippen LogP contribution in [0.15, 0.2) is 33.9 Å². The van der Waals surface area contributed by atoms with Crippen LogP contribution in [-0.2, 0) is 16.8 Å². The van der Waals surface area contributed by atoms with E-state index < -0.39 is 0 Å². The number of thioether (sulfide) groups is 1. The predicted octanol–water partition coefficient (Wildman–Crippen LogP) is 3.11. The largest absolute Gasteiger partial charge is 0.415 e. The Labute approximate surface area is 165 Å². The Bertz CT molecular complexity index is 776. The summed E-state index contributed by atoms with van der Waals surface area (Å²) < 4.78 is 5.64. The Balaban J connectivity index is 1.44. The van der Waals surface area contributed by atoms with Crippen molar-refractivity contribution in [1.82, 2.24) is 20.0 Å². The van der Waals surface area contributed by atoms with Gasteiger partial charge in [0, 0.05) is 38.1 Å². The number of benzene rings is 1. The van der Waals surface area contributed by atoms with Crippen molar-refractivity contribution in [3.8, 4) is 0 Å². The van der Waals surface area contributed by atoms with E-state index in [2.05, 4.69) is 46.3 Å². The minimum atomic E-state index is -0.177. The van der Waals surface area contributed by atoms with Gasteiger partial charge in [0.15, 0.2) is 0 Å². The summed E-state index contributed by atoms with van der Waals surface area (Å²) in [6.45, 7) is 12.5. The molecule has 1 amide bonds. The third kappa shape index (κ3) is 5.56. The zero-order chi connectivity index (χ0) is 19.4. The molecule has 1 fully saturated rings. The van der Waals surface area contributed by atoms with Crippen LogP contribution in [0.1, 0.15) is 37.8 Å². The molecule has 3 rings (SSSR count). The standard InChI is InChI=1S/C20H28N4O2S/c1-15-6-5-7-16(12-15)13-23-8-10-24(11-9-23)17(25)14-27-19-22-21-18(26-19)20(2,3)4/h5-7,12H,8-11,13-14H2,1-4H3. The molecule has 27 heavy (non-hydrogen) atoms. The van der Waals surface area contributed by atoms with Crippen LogP contribution < -0.4 is 0 Å². The Kier molecular flexibility index (Phi) is 6.22. The Hall–Kier alpha value is -1.86. The fourth-order valence-corrected chi connectivity index (χ4v) is 3.68. The van der Waals surface area contributed by atoms with Gasteiger partial charge in [-0.05, 0) is 12.5 Å². The first-order valence-electron chi connectivity index (χ1n) is 9.34. The summed E-state index contributed by atoms with van der Waals surface area (Å²) in [5, 5.41) is 8.56. The van der Waals surface area contributed by atoms with Crippen molar-refractivity contribution in [2.45, 2.75) is 44.9 Å². The normalized spacial score (nSPS) is 15.9. The highest BCUT2D eigenvalue weighted by atomic mass is 32.2. The molecule has 0 radical (unpaired) electrons. The van der Waals surface area contributed by atoms with Gasteiger partial charge in [-0.2, -0.15) is 0 Å². The molecule has 146 valence electrons. The number of nitrogens with zero attached hydrogens (tertiary/aromatic N) is 4. The molecule has 0 spiro atoms. The molecule has 2 aromatic rings. The summed E-state index contributed by atoms with van der Waals surface area (Å²) in [6, 6.07) is 8.61.